The van der Waals surface area contributed by atoms with E-state index < -0.39 is 0 Å². The molecule has 0 aliphatic rings. The lowest BCUT2D eigenvalue weighted by Gasteiger charge is -2.13. The third kappa shape index (κ3) is 8.97. The molecule has 32 heavy (non-hydrogen) atoms. The first-order valence-corrected chi connectivity index (χ1v) is 11.9. The summed E-state index contributed by atoms with van der Waals surface area (Å²) in [5.74, 6) is 2.30. The van der Waals surface area contributed by atoms with E-state index in [-0.39, 0.29) is 29.9 Å². The molecule has 0 radical (unpaired) electrons. The Hall–Kier alpha value is -1.82. The molecule has 2 aromatic rings. The number of rotatable bonds is 11. The zero-order chi connectivity index (χ0) is 22.6. The molecule has 178 valence electrons. The van der Waals surface area contributed by atoms with Crippen LogP contribution in [0.5, 0.6) is 0 Å². The molecule has 0 spiro atoms. The monoisotopic (exact) mass is 573 g/mol. The minimum absolute atomic E-state index is 0. The van der Waals surface area contributed by atoms with Crippen LogP contribution in [0.25, 0.3) is 0 Å². The molecule has 10 heteroatoms. The third-order valence-corrected chi connectivity index (χ3v) is 5.41. The number of nitrogens with zero attached hydrogens (tertiary/aromatic N) is 4. The van der Waals surface area contributed by atoms with Gasteiger partial charge in [-0.1, -0.05) is 37.7 Å². The molecule has 0 unspecified atom stereocenters. The van der Waals surface area contributed by atoms with Crippen LogP contribution in [-0.2, 0) is 19.4 Å². The third-order valence-electron chi connectivity index (χ3n) is 4.74. The van der Waals surface area contributed by atoms with Crippen LogP contribution in [0.1, 0.15) is 42.0 Å². The quantitative estimate of drug-likeness (QED) is 0.126. The molecule has 0 bridgehead atoms. The number of aliphatic imine (C=N–C) groups is 1. The first kappa shape index (κ1) is 28.2. The van der Waals surface area contributed by atoms with Gasteiger partial charge in [-0.3, -0.25) is 9.79 Å². The number of aromatic nitrogens is 3. The molecule has 2 rings (SSSR count). The first-order chi connectivity index (χ1) is 15.0. The Labute approximate surface area is 212 Å². The van der Waals surface area contributed by atoms with E-state index in [1.165, 1.54) is 0 Å². The molecule has 0 saturated heterocycles. The summed E-state index contributed by atoms with van der Waals surface area (Å²) in [5.41, 5.74) is 1.79. The number of carbonyl (C=O) groups excluding carboxylic acids is 1. The summed E-state index contributed by atoms with van der Waals surface area (Å²) >= 11 is 1.64. The summed E-state index contributed by atoms with van der Waals surface area (Å²) < 4.78 is 2.23. The molecule has 8 nitrogen and oxygen atoms in total. The standard InChI is InChI=1S/C22H35N7OS.HI/c1-16(2)15-29-19(27-28-22(29)31-5)10-7-12-25-21(24-4)26-13-11-17-8-6-9-18(14-17)20(30)23-3;/h6,8-9,14,16H,7,10-13,15H2,1-5H3,(H,23,30)(H2,24,25,26);1H. The normalized spacial score (nSPS) is 11.2. The Bertz CT molecular complexity index is 870. The number of carbonyl (C=O) groups is 1. The highest BCUT2D eigenvalue weighted by atomic mass is 127. The van der Waals surface area contributed by atoms with E-state index in [0.717, 1.165) is 61.4 Å². The summed E-state index contributed by atoms with van der Waals surface area (Å²) in [6, 6.07) is 7.68. The molecule has 1 aromatic heterocycles. The second-order valence-electron chi connectivity index (χ2n) is 7.67. The lowest BCUT2D eigenvalue weighted by molar-refractivity contribution is 0.0963. The van der Waals surface area contributed by atoms with Crippen molar-refractivity contribution in [3.8, 4) is 0 Å². The van der Waals surface area contributed by atoms with Crippen molar-refractivity contribution in [3.05, 3.63) is 41.2 Å². The van der Waals surface area contributed by atoms with Crippen LogP contribution in [0, 0.1) is 5.92 Å². The second-order valence-corrected chi connectivity index (χ2v) is 8.44. The number of hydrogen-bond acceptors (Lipinski definition) is 5. The highest BCUT2D eigenvalue weighted by molar-refractivity contribution is 14.0. The predicted octanol–water partition coefficient (Wildman–Crippen LogP) is 2.97. The summed E-state index contributed by atoms with van der Waals surface area (Å²) in [5, 5.41) is 19.0. The molecule has 0 fully saturated rings. The molecule has 0 aliphatic carbocycles. The molecular formula is C22H36IN7OS. The number of amides is 1. The van der Waals surface area contributed by atoms with E-state index in [1.54, 1.807) is 25.9 Å². The van der Waals surface area contributed by atoms with E-state index in [2.05, 4.69) is 49.6 Å². The van der Waals surface area contributed by atoms with Crippen LogP contribution in [-0.4, -0.2) is 60.1 Å². The maximum atomic E-state index is 11.8. The van der Waals surface area contributed by atoms with Gasteiger partial charge in [-0.25, -0.2) is 0 Å². The van der Waals surface area contributed by atoms with Crippen LogP contribution in [0.3, 0.4) is 0 Å². The lowest BCUT2D eigenvalue weighted by atomic mass is 10.1. The Morgan fingerprint density at radius 2 is 1.94 bits per heavy atom. The topological polar surface area (TPSA) is 96.2 Å². The number of nitrogens with one attached hydrogen (secondary N) is 3. The molecule has 3 N–H and O–H groups in total. The van der Waals surface area contributed by atoms with Crippen molar-refractivity contribution in [1.29, 1.82) is 0 Å². The lowest BCUT2D eigenvalue weighted by Crippen LogP contribution is -2.38. The summed E-state index contributed by atoms with van der Waals surface area (Å²) in [6.45, 7) is 6.89. The van der Waals surface area contributed by atoms with Crippen LogP contribution < -0.4 is 16.0 Å². The second kappa shape index (κ2) is 15.1. The van der Waals surface area contributed by atoms with Crippen molar-refractivity contribution in [1.82, 2.24) is 30.7 Å². The van der Waals surface area contributed by atoms with Gasteiger partial charge in [0.15, 0.2) is 11.1 Å². The Morgan fingerprint density at radius 3 is 2.59 bits per heavy atom. The van der Waals surface area contributed by atoms with E-state index in [1.807, 2.05) is 30.5 Å². The predicted molar refractivity (Wildman–Crippen MR) is 143 cm³/mol. The Balaban J connectivity index is 0.00000512. The van der Waals surface area contributed by atoms with E-state index in [9.17, 15) is 4.79 Å². The summed E-state index contributed by atoms with van der Waals surface area (Å²) in [7, 11) is 3.41. The molecule has 0 aliphatic heterocycles. The Morgan fingerprint density at radius 1 is 1.19 bits per heavy atom. The highest BCUT2D eigenvalue weighted by Crippen LogP contribution is 2.16. The molecule has 1 amide bonds. The maximum Gasteiger partial charge on any atom is 0.251 e. The van der Waals surface area contributed by atoms with Gasteiger partial charge < -0.3 is 20.5 Å². The van der Waals surface area contributed by atoms with Gasteiger partial charge in [0, 0.05) is 45.7 Å². The number of aryl methyl sites for hydroxylation is 1. The average Bonchev–Trinajstić information content (AvgIpc) is 3.15. The van der Waals surface area contributed by atoms with Crippen molar-refractivity contribution in [2.24, 2.45) is 10.9 Å². The van der Waals surface area contributed by atoms with Crippen molar-refractivity contribution < 1.29 is 4.79 Å². The van der Waals surface area contributed by atoms with Crippen molar-refractivity contribution in [3.63, 3.8) is 0 Å². The van der Waals surface area contributed by atoms with Crippen LogP contribution in [0.15, 0.2) is 34.4 Å². The van der Waals surface area contributed by atoms with Crippen LogP contribution >= 0.6 is 35.7 Å². The van der Waals surface area contributed by atoms with E-state index in [0.29, 0.717) is 11.5 Å². The van der Waals surface area contributed by atoms with Gasteiger partial charge in [0.25, 0.3) is 5.91 Å². The van der Waals surface area contributed by atoms with Crippen LogP contribution in [0.2, 0.25) is 0 Å². The number of hydrogen-bond donors (Lipinski definition) is 3. The largest absolute Gasteiger partial charge is 0.356 e. The minimum atomic E-state index is -0.0684. The average molecular weight is 574 g/mol. The zero-order valence-electron chi connectivity index (χ0n) is 19.6. The fourth-order valence-corrected chi connectivity index (χ4v) is 3.74. The van der Waals surface area contributed by atoms with Gasteiger partial charge in [0.2, 0.25) is 0 Å². The SMILES string of the molecule is CN=C(NCCCc1nnc(SC)n1CC(C)C)NCCc1cccc(C(=O)NC)c1.I. The number of halogens is 1. The van der Waals surface area contributed by atoms with Crippen molar-refractivity contribution in [2.75, 3.05) is 33.4 Å². The van der Waals surface area contributed by atoms with Crippen LogP contribution in [0.4, 0.5) is 0 Å². The zero-order valence-corrected chi connectivity index (χ0v) is 22.8. The Kier molecular flexibility index (Phi) is 13.3. The fraction of sp³-hybridized carbons (Fsp3) is 0.545. The number of thioether (sulfide) groups is 1. The van der Waals surface area contributed by atoms with Gasteiger partial charge >= 0.3 is 0 Å². The maximum absolute atomic E-state index is 11.8. The first-order valence-electron chi connectivity index (χ1n) is 10.7. The highest BCUT2D eigenvalue weighted by Gasteiger charge is 2.12. The molecule has 1 aromatic carbocycles. The van der Waals surface area contributed by atoms with Crippen molar-refractivity contribution >= 4 is 47.6 Å². The van der Waals surface area contributed by atoms with Gasteiger partial charge in [0.1, 0.15) is 5.82 Å². The molecular weight excluding hydrogens is 537 g/mol. The van der Waals surface area contributed by atoms with Gasteiger partial charge in [-0.05, 0) is 42.7 Å². The van der Waals surface area contributed by atoms with Gasteiger partial charge in [-0.15, -0.1) is 34.2 Å². The molecule has 1 heterocycles. The van der Waals surface area contributed by atoms with Crippen molar-refractivity contribution in [2.45, 2.75) is 44.8 Å². The minimum Gasteiger partial charge on any atom is -0.356 e. The fourth-order valence-electron chi connectivity index (χ4n) is 3.22. The summed E-state index contributed by atoms with van der Waals surface area (Å²) in [4.78, 5) is 16.1. The van der Waals surface area contributed by atoms with Gasteiger partial charge in [0.05, 0.1) is 0 Å². The molecule has 0 saturated carbocycles. The number of benzene rings is 1. The van der Waals surface area contributed by atoms with E-state index in [4.69, 9.17) is 0 Å². The molecule has 0 atom stereocenters. The number of guanidine groups is 1. The summed E-state index contributed by atoms with van der Waals surface area (Å²) in [6.07, 6.45) is 4.66. The smallest absolute Gasteiger partial charge is 0.251 e. The van der Waals surface area contributed by atoms with Gasteiger partial charge in [-0.2, -0.15) is 0 Å². The van der Waals surface area contributed by atoms with E-state index >= 15 is 0 Å².